The van der Waals surface area contributed by atoms with Crippen LogP contribution in [-0.4, -0.2) is 44.9 Å². The first-order valence-electron chi connectivity index (χ1n) is 14.0. The minimum absolute atomic E-state index is 0.0706. The maximum absolute atomic E-state index is 14.3. The van der Waals surface area contributed by atoms with Crippen LogP contribution in [-0.2, 0) is 17.9 Å². The second-order valence-electron chi connectivity index (χ2n) is 10.5. The summed E-state index contributed by atoms with van der Waals surface area (Å²) in [4.78, 5) is 30.5. The molecule has 0 radical (unpaired) electrons. The Balaban J connectivity index is 1.55. The molecule has 1 saturated carbocycles. The van der Waals surface area contributed by atoms with Gasteiger partial charge in [0.2, 0.25) is 5.91 Å². The van der Waals surface area contributed by atoms with Gasteiger partial charge >= 0.3 is 6.03 Å². The maximum atomic E-state index is 14.3. The molecule has 9 heteroatoms. The maximum Gasteiger partial charge on any atom is 0.322 e. The van der Waals surface area contributed by atoms with E-state index < -0.39 is 17.7 Å². The molecular formula is C31H37ClF2N4O2. The topological polar surface area (TPSA) is 57.6 Å². The molecule has 1 aromatic heterocycles. The van der Waals surface area contributed by atoms with Crippen LogP contribution in [0.3, 0.4) is 0 Å². The zero-order valence-corrected chi connectivity index (χ0v) is 23.8. The molecular weight excluding hydrogens is 534 g/mol. The van der Waals surface area contributed by atoms with Crippen molar-refractivity contribution in [2.45, 2.75) is 77.5 Å². The van der Waals surface area contributed by atoms with Gasteiger partial charge < -0.3 is 19.7 Å². The van der Waals surface area contributed by atoms with Crippen LogP contribution < -0.4 is 5.32 Å². The van der Waals surface area contributed by atoms with Gasteiger partial charge in [0.25, 0.3) is 0 Å². The van der Waals surface area contributed by atoms with Gasteiger partial charge in [-0.25, -0.2) is 13.6 Å². The second kappa shape index (κ2) is 13.8. The molecule has 1 unspecified atom stereocenters. The molecule has 214 valence electrons. The number of hydrogen-bond donors (Lipinski definition) is 1. The van der Waals surface area contributed by atoms with Gasteiger partial charge in [0.05, 0.1) is 12.2 Å². The van der Waals surface area contributed by atoms with Crippen LogP contribution in [0.5, 0.6) is 0 Å². The smallest absolute Gasteiger partial charge is 0.322 e. The standard InChI is InChI=1S/C31H37ClF2N4O2/c1-3-22(2)37(31(40)35-29-16-15-24(33)18-28(29)34)21-30(39)38(25-11-5-4-6-12-25)20-26-13-9-17-36(26)19-23-10-7-8-14-27(23)32/h7-10,13-18,22,25H,3-6,11-12,19-21H2,1-2H3,(H,35,40). The number of anilines is 1. The third-order valence-corrected chi connectivity index (χ3v) is 8.12. The zero-order valence-electron chi connectivity index (χ0n) is 23.1. The van der Waals surface area contributed by atoms with Crippen molar-refractivity contribution in [1.82, 2.24) is 14.4 Å². The number of rotatable bonds is 10. The van der Waals surface area contributed by atoms with Crippen LogP contribution in [0.2, 0.25) is 5.02 Å². The van der Waals surface area contributed by atoms with Crippen LogP contribution >= 0.6 is 11.6 Å². The molecule has 2 aromatic carbocycles. The van der Waals surface area contributed by atoms with Gasteiger partial charge in [0, 0.05) is 41.6 Å². The summed E-state index contributed by atoms with van der Waals surface area (Å²) in [5.74, 6) is -1.76. The Morgan fingerprint density at radius 3 is 2.52 bits per heavy atom. The van der Waals surface area contributed by atoms with E-state index in [1.54, 1.807) is 0 Å². The second-order valence-corrected chi connectivity index (χ2v) is 10.9. The Kier molecular flexibility index (Phi) is 10.2. The van der Waals surface area contributed by atoms with Crippen LogP contribution in [0.1, 0.15) is 63.6 Å². The summed E-state index contributed by atoms with van der Waals surface area (Å²) in [6, 6.07) is 13.9. The number of halogens is 3. The molecule has 1 N–H and O–H groups in total. The molecule has 0 bridgehead atoms. The van der Waals surface area contributed by atoms with Crippen LogP contribution in [0.15, 0.2) is 60.8 Å². The molecule has 1 aliphatic rings. The van der Waals surface area contributed by atoms with Gasteiger partial charge in [-0.05, 0) is 62.1 Å². The van der Waals surface area contributed by atoms with E-state index in [-0.39, 0.29) is 30.2 Å². The van der Waals surface area contributed by atoms with Crippen molar-refractivity contribution in [1.29, 1.82) is 0 Å². The zero-order chi connectivity index (χ0) is 28.6. The number of benzene rings is 2. The minimum Gasteiger partial charge on any atom is -0.345 e. The van der Waals surface area contributed by atoms with Crippen LogP contribution in [0.4, 0.5) is 19.3 Å². The van der Waals surface area contributed by atoms with Crippen molar-refractivity contribution >= 4 is 29.2 Å². The fraction of sp³-hybridized carbons (Fsp3) is 0.419. The van der Waals surface area contributed by atoms with Gasteiger partial charge in [0.15, 0.2) is 0 Å². The first kappa shape index (κ1) is 29.6. The Morgan fingerprint density at radius 1 is 1.07 bits per heavy atom. The van der Waals surface area contributed by atoms with Crippen molar-refractivity contribution in [3.05, 3.63) is 88.7 Å². The SMILES string of the molecule is CCC(C)N(CC(=O)N(Cc1cccn1Cc1ccccc1Cl)C1CCCCC1)C(=O)Nc1ccc(F)cc1F. The number of nitrogens with one attached hydrogen (secondary N) is 1. The fourth-order valence-electron chi connectivity index (χ4n) is 5.21. The first-order chi connectivity index (χ1) is 19.3. The lowest BCUT2D eigenvalue weighted by molar-refractivity contribution is -0.136. The highest BCUT2D eigenvalue weighted by Crippen LogP contribution is 2.26. The number of carbonyl (C=O) groups is 2. The van der Waals surface area contributed by atoms with Gasteiger partial charge in [0.1, 0.15) is 18.2 Å². The number of nitrogens with zero attached hydrogens (tertiary/aromatic N) is 3. The lowest BCUT2D eigenvalue weighted by Gasteiger charge is -2.37. The van der Waals surface area contributed by atoms with E-state index in [2.05, 4.69) is 9.88 Å². The van der Waals surface area contributed by atoms with Crippen molar-refractivity contribution in [3.8, 4) is 0 Å². The van der Waals surface area contributed by atoms with E-state index in [1.165, 1.54) is 11.0 Å². The van der Waals surface area contributed by atoms with Crippen molar-refractivity contribution < 1.29 is 18.4 Å². The third kappa shape index (κ3) is 7.42. The fourth-order valence-corrected chi connectivity index (χ4v) is 5.40. The lowest BCUT2D eigenvalue weighted by atomic mass is 9.94. The number of aromatic nitrogens is 1. The molecule has 0 saturated heterocycles. The molecule has 1 heterocycles. The molecule has 6 nitrogen and oxygen atoms in total. The summed E-state index contributed by atoms with van der Waals surface area (Å²) in [5.41, 5.74) is 1.84. The molecule has 4 rings (SSSR count). The lowest BCUT2D eigenvalue weighted by Crippen LogP contribution is -2.50. The first-order valence-corrected chi connectivity index (χ1v) is 14.3. The predicted octanol–water partition coefficient (Wildman–Crippen LogP) is 7.46. The number of urea groups is 1. The molecule has 40 heavy (non-hydrogen) atoms. The largest absolute Gasteiger partial charge is 0.345 e. The van der Waals surface area contributed by atoms with Gasteiger partial charge in [-0.2, -0.15) is 0 Å². The number of carbonyl (C=O) groups excluding carboxylic acids is 2. The van der Waals surface area contributed by atoms with Gasteiger partial charge in [-0.15, -0.1) is 0 Å². The normalized spacial score (nSPS) is 14.5. The molecule has 1 atom stereocenters. The van der Waals surface area contributed by atoms with E-state index in [9.17, 15) is 18.4 Å². The van der Waals surface area contributed by atoms with E-state index in [1.807, 2.05) is 61.3 Å². The highest BCUT2D eigenvalue weighted by atomic mass is 35.5. The summed E-state index contributed by atoms with van der Waals surface area (Å²) in [5, 5.41) is 3.21. The Morgan fingerprint density at radius 2 is 1.82 bits per heavy atom. The monoisotopic (exact) mass is 570 g/mol. The molecule has 1 aliphatic carbocycles. The Bertz CT molecular complexity index is 1310. The summed E-state index contributed by atoms with van der Waals surface area (Å²) in [6.07, 6.45) is 7.66. The molecule has 3 amide bonds. The molecule has 0 spiro atoms. The van der Waals surface area contributed by atoms with Gasteiger partial charge in [-0.3, -0.25) is 4.79 Å². The summed E-state index contributed by atoms with van der Waals surface area (Å²) in [6.45, 7) is 4.62. The average Bonchev–Trinajstić information content (AvgIpc) is 3.39. The average molecular weight is 571 g/mol. The van der Waals surface area contributed by atoms with Crippen molar-refractivity contribution in [2.75, 3.05) is 11.9 Å². The summed E-state index contributed by atoms with van der Waals surface area (Å²) >= 11 is 6.41. The molecule has 3 aromatic rings. The van der Waals surface area contributed by atoms with Crippen molar-refractivity contribution in [2.24, 2.45) is 0 Å². The van der Waals surface area contributed by atoms with E-state index in [0.29, 0.717) is 24.5 Å². The van der Waals surface area contributed by atoms with E-state index in [0.717, 1.165) is 55.5 Å². The van der Waals surface area contributed by atoms with Crippen LogP contribution in [0, 0.1) is 11.6 Å². The predicted molar refractivity (Wildman–Crippen MR) is 154 cm³/mol. The molecule has 1 fully saturated rings. The highest BCUT2D eigenvalue weighted by Gasteiger charge is 2.30. The Hall–Kier alpha value is -3.39. The number of hydrogen-bond acceptors (Lipinski definition) is 2. The van der Waals surface area contributed by atoms with E-state index >= 15 is 0 Å². The quantitative estimate of drug-likeness (QED) is 0.275. The van der Waals surface area contributed by atoms with Crippen molar-refractivity contribution in [3.63, 3.8) is 0 Å². The minimum atomic E-state index is -0.869. The summed E-state index contributed by atoms with van der Waals surface area (Å²) < 4.78 is 29.7. The van der Waals surface area contributed by atoms with E-state index in [4.69, 9.17) is 11.6 Å². The summed E-state index contributed by atoms with van der Waals surface area (Å²) in [7, 11) is 0. The highest BCUT2D eigenvalue weighted by molar-refractivity contribution is 6.31. The van der Waals surface area contributed by atoms with Crippen LogP contribution in [0.25, 0.3) is 0 Å². The van der Waals surface area contributed by atoms with Gasteiger partial charge in [-0.1, -0.05) is 56.0 Å². The third-order valence-electron chi connectivity index (χ3n) is 7.75. The number of amides is 3. The Labute approximate surface area is 239 Å². The molecule has 0 aliphatic heterocycles.